The first kappa shape index (κ1) is 13.5. The zero-order valence-electron chi connectivity index (χ0n) is 11.0. The van der Waals surface area contributed by atoms with E-state index < -0.39 is 5.91 Å². The van der Waals surface area contributed by atoms with Crippen LogP contribution >= 0.6 is 0 Å². The summed E-state index contributed by atoms with van der Waals surface area (Å²) in [6.45, 7) is 3.32. The minimum absolute atomic E-state index is 0.0673. The average molecular weight is 261 g/mol. The highest BCUT2D eigenvalue weighted by atomic mass is 16.2. The Labute approximate surface area is 112 Å². The number of aryl methyl sites for hydroxylation is 1. The Morgan fingerprint density at radius 1 is 1.53 bits per heavy atom. The normalized spacial score (nSPS) is 19.0. The molecule has 1 aromatic carbocycles. The van der Waals surface area contributed by atoms with Gasteiger partial charge < -0.3 is 16.4 Å². The monoisotopic (exact) mass is 261 g/mol. The molecule has 1 aliphatic rings. The van der Waals surface area contributed by atoms with Gasteiger partial charge in [0.1, 0.15) is 0 Å². The van der Waals surface area contributed by atoms with Crippen molar-refractivity contribution in [2.75, 3.05) is 6.54 Å². The number of piperidine rings is 1. The molecule has 1 heterocycles. The Morgan fingerprint density at radius 2 is 2.32 bits per heavy atom. The van der Waals surface area contributed by atoms with Gasteiger partial charge in [0.2, 0.25) is 11.8 Å². The molecule has 1 unspecified atom stereocenters. The van der Waals surface area contributed by atoms with E-state index in [1.165, 1.54) is 0 Å². The SMILES string of the molecule is Cc1cc(C(N)=O)ccc1CNC1CCCNC1=O. The van der Waals surface area contributed by atoms with Crippen molar-refractivity contribution >= 4 is 11.8 Å². The molecule has 0 radical (unpaired) electrons. The van der Waals surface area contributed by atoms with Crippen LogP contribution in [-0.2, 0) is 11.3 Å². The number of carbonyl (C=O) groups excluding carboxylic acids is 2. The van der Waals surface area contributed by atoms with E-state index in [1.54, 1.807) is 12.1 Å². The first-order valence-electron chi connectivity index (χ1n) is 6.48. The topological polar surface area (TPSA) is 84.2 Å². The Balaban J connectivity index is 1.99. The molecule has 0 saturated carbocycles. The van der Waals surface area contributed by atoms with Gasteiger partial charge in [-0.2, -0.15) is 0 Å². The van der Waals surface area contributed by atoms with Gasteiger partial charge in [-0.15, -0.1) is 0 Å². The van der Waals surface area contributed by atoms with Crippen LogP contribution in [0.15, 0.2) is 18.2 Å². The molecule has 0 aromatic heterocycles. The first-order chi connectivity index (χ1) is 9.08. The zero-order chi connectivity index (χ0) is 13.8. The Hall–Kier alpha value is -1.88. The van der Waals surface area contributed by atoms with E-state index in [0.29, 0.717) is 12.1 Å². The molecule has 0 aliphatic carbocycles. The quantitative estimate of drug-likeness (QED) is 0.736. The van der Waals surface area contributed by atoms with E-state index in [2.05, 4.69) is 10.6 Å². The summed E-state index contributed by atoms with van der Waals surface area (Å²) in [6.07, 6.45) is 1.87. The fourth-order valence-electron chi connectivity index (χ4n) is 2.25. The smallest absolute Gasteiger partial charge is 0.248 e. The molecule has 0 bridgehead atoms. The molecule has 4 N–H and O–H groups in total. The van der Waals surface area contributed by atoms with Crippen LogP contribution in [-0.4, -0.2) is 24.4 Å². The fraction of sp³-hybridized carbons (Fsp3) is 0.429. The van der Waals surface area contributed by atoms with Gasteiger partial charge in [0.25, 0.3) is 0 Å². The van der Waals surface area contributed by atoms with E-state index >= 15 is 0 Å². The Kier molecular flexibility index (Phi) is 4.16. The molecule has 5 heteroatoms. The van der Waals surface area contributed by atoms with Crippen molar-refractivity contribution in [1.82, 2.24) is 10.6 Å². The summed E-state index contributed by atoms with van der Waals surface area (Å²) >= 11 is 0. The molecular weight excluding hydrogens is 242 g/mol. The lowest BCUT2D eigenvalue weighted by Crippen LogP contribution is -2.47. The summed E-state index contributed by atoms with van der Waals surface area (Å²) in [5.74, 6) is -0.355. The van der Waals surface area contributed by atoms with Crippen LogP contribution in [0.5, 0.6) is 0 Å². The average Bonchev–Trinajstić information content (AvgIpc) is 2.39. The van der Waals surface area contributed by atoms with Crippen molar-refractivity contribution in [2.45, 2.75) is 32.4 Å². The van der Waals surface area contributed by atoms with Crippen molar-refractivity contribution in [2.24, 2.45) is 5.73 Å². The summed E-state index contributed by atoms with van der Waals surface area (Å²) < 4.78 is 0. The third kappa shape index (κ3) is 3.32. The molecule has 1 aromatic rings. The Bertz CT molecular complexity index is 499. The van der Waals surface area contributed by atoms with Crippen molar-refractivity contribution in [3.8, 4) is 0 Å². The maximum Gasteiger partial charge on any atom is 0.248 e. The summed E-state index contributed by atoms with van der Waals surface area (Å²) in [7, 11) is 0. The lowest BCUT2D eigenvalue weighted by atomic mass is 10.0. The van der Waals surface area contributed by atoms with Crippen molar-refractivity contribution in [3.05, 3.63) is 34.9 Å². The predicted molar refractivity (Wildman–Crippen MR) is 72.6 cm³/mol. The number of nitrogens with two attached hydrogens (primary N) is 1. The molecule has 1 saturated heterocycles. The minimum Gasteiger partial charge on any atom is -0.366 e. The highest BCUT2D eigenvalue weighted by Gasteiger charge is 2.21. The van der Waals surface area contributed by atoms with Gasteiger partial charge in [0, 0.05) is 18.7 Å². The number of benzene rings is 1. The van der Waals surface area contributed by atoms with Gasteiger partial charge in [-0.05, 0) is 43.0 Å². The van der Waals surface area contributed by atoms with Crippen LogP contribution in [0.1, 0.15) is 34.3 Å². The summed E-state index contributed by atoms with van der Waals surface area (Å²) in [6, 6.07) is 5.25. The summed E-state index contributed by atoms with van der Waals surface area (Å²) in [5.41, 5.74) is 7.82. The van der Waals surface area contributed by atoms with Crippen molar-refractivity contribution in [1.29, 1.82) is 0 Å². The zero-order valence-corrected chi connectivity index (χ0v) is 11.0. The number of hydrogen-bond donors (Lipinski definition) is 3. The molecule has 1 atom stereocenters. The third-order valence-corrected chi connectivity index (χ3v) is 3.45. The molecule has 0 spiro atoms. The van der Waals surface area contributed by atoms with Gasteiger partial charge in [-0.25, -0.2) is 0 Å². The number of rotatable bonds is 4. The van der Waals surface area contributed by atoms with E-state index in [-0.39, 0.29) is 11.9 Å². The second kappa shape index (κ2) is 5.84. The van der Waals surface area contributed by atoms with Crippen LogP contribution in [0.3, 0.4) is 0 Å². The molecule has 102 valence electrons. The van der Waals surface area contributed by atoms with Gasteiger partial charge in [-0.1, -0.05) is 6.07 Å². The van der Waals surface area contributed by atoms with Crippen LogP contribution in [0.4, 0.5) is 0 Å². The Morgan fingerprint density at radius 3 is 2.95 bits per heavy atom. The second-order valence-electron chi connectivity index (χ2n) is 4.87. The van der Waals surface area contributed by atoms with Gasteiger partial charge in [-0.3, -0.25) is 9.59 Å². The maximum absolute atomic E-state index is 11.6. The molecule has 2 rings (SSSR count). The molecule has 1 fully saturated rings. The van der Waals surface area contributed by atoms with Gasteiger partial charge in [0.15, 0.2) is 0 Å². The fourth-order valence-corrected chi connectivity index (χ4v) is 2.25. The second-order valence-corrected chi connectivity index (χ2v) is 4.87. The summed E-state index contributed by atoms with van der Waals surface area (Å²) in [4.78, 5) is 22.7. The number of primary amides is 1. The highest BCUT2D eigenvalue weighted by molar-refractivity contribution is 5.93. The molecular formula is C14H19N3O2. The number of hydrogen-bond acceptors (Lipinski definition) is 3. The predicted octanol–water partition coefficient (Wildman–Crippen LogP) is 0.462. The van der Waals surface area contributed by atoms with E-state index in [0.717, 1.165) is 30.5 Å². The van der Waals surface area contributed by atoms with Crippen LogP contribution in [0, 0.1) is 6.92 Å². The molecule has 5 nitrogen and oxygen atoms in total. The highest BCUT2D eigenvalue weighted by Crippen LogP contribution is 2.12. The van der Waals surface area contributed by atoms with Gasteiger partial charge in [0.05, 0.1) is 6.04 Å². The largest absolute Gasteiger partial charge is 0.366 e. The lowest BCUT2D eigenvalue weighted by Gasteiger charge is -2.23. The van der Waals surface area contributed by atoms with E-state index in [4.69, 9.17) is 5.73 Å². The third-order valence-electron chi connectivity index (χ3n) is 3.45. The summed E-state index contributed by atoms with van der Waals surface area (Å²) in [5, 5.41) is 6.09. The van der Waals surface area contributed by atoms with Crippen molar-refractivity contribution in [3.63, 3.8) is 0 Å². The lowest BCUT2D eigenvalue weighted by molar-refractivity contribution is -0.124. The standard InChI is InChI=1S/C14H19N3O2/c1-9-7-10(13(15)18)4-5-11(9)8-17-12-3-2-6-16-14(12)19/h4-5,7,12,17H,2-3,6,8H2,1H3,(H2,15,18)(H,16,19). The molecule has 2 amide bonds. The van der Waals surface area contributed by atoms with E-state index in [1.807, 2.05) is 13.0 Å². The maximum atomic E-state index is 11.6. The number of carbonyl (C=O) groups is 2. The number of nitrogens with one attached hydrogen (secondary N) is 2. The first-order valence-corrected chi connectivity index (χ1v) is 6.48. The van der Waals surface area contributed by atoms with Gasteiger partial charge >= 0.3 is 0 Å². The van der Waals surface area contributed by atoms with E-state index in [9.17, 15) is 9.59 Å². The van der Waals surface area contributed by atoms with Crippen LogP contribution < -0.4 is 16.4 Å². The van der Waals surface area contributed by atoms with Crippen molar-refractivity contribution < 1.29 is 9.59 Å². The number of amides is 2. The minimum atomic E-state index is -0.422. The van der Waals surface area contributed by atoms with Crippen LogP contribution in [0.2, 0.25) is 0 Å². The molecule has 1 aliphatic heterocycles. The molecule has 19 heavy (non-hydrogen) atoms. The van der Waals surface area contributed by atoms with Crippen LogP contribution in [0.25, 0.3) is 0 Å².